The van der Waals surface area contributed by atoms with E-state index >= 15 is 0 Å². The highest BCUT2D eigenvalue weighted by atomic mass is 32.2. The molecule has 9 heteroatoms. The van der Waals surface area contributed by atoms with E-state index in [0.29, 0.717) is 0 Å². The Kier molecular flexibility index (Phi) is 4.56. The SMILES string of the molecule is Cn1cnc(S(=O)(=O)NCC(O)Cn2ccccc2=O)c1. The van der Waals surface area contributed by atoms with Crippen molar-refractivity contribution in [1.29, 1.82) is 0 Å². The Hall–Kier alpha value is -1.97. The van der Waals surface area contributed by atoms with E-state index in [2.05, 4.69) is 9.71 Å². The van der Waals surface area contributed by atoms with Gasteiger partial charge in [-0.25, -0.2) is 18.1 Å². The zero-order chi connectivity index (χ0) is 15.5. The van der Waals surface area contributed by atoms with Crippen LogP contribution in [0.3, 0.4) is 0 Å². The number of aliphatic hydroxyl groups excluding tert-OH is 1. The van der Waals surface area contributed by atoms with Gasteiger partial charge in [-0.05, 0) is 6.07 Å². The number of nitrogens with one attached hydrogen (secondary N) is 1. The number of rotatable bonds is 6. The Labute approximate surface area is 121 Å². The first-order valence-corrected chi connectivity index (χ1v) is 7.68. The predicted molar refractivity (Wildman–Crippen MR) is 75.1 cm³/mol. The fraction of sp³-hybridized carbons (Fsp3) is 0.333. The monoisotopic (exact) mass is 312 g/mol. The molecule has 0 aliphatic rings. The average Bonchev–Trinajstić information content (AvgIpc) is 2.87. The zero-order valence-corrected chi connectivity index (χ0v) is 12.2. The lowest BCUT2D eigenvalue weighted by Crippen LogP contribution is -2.36. The van der Waals surface area contributed by atoms with E-state index < -0.39 is 16.1 Å². The number of sulfonamides is 1. The molecule has 21 heavy (non-hydrogen) atoms. The first kappa shape index (κ1) is 15.4. The highest BCUT2D eigenvalue weighted by Gasteiger charge is 2.18. The van der Waals surface area contributed by atoms with Crippen molar-refractivity contribution in [2.45, 2.75) is 17.7 Å². The van der Waals surface area contributed by atoms with E-state index in [0.717, 1.165) is 0 Å². The summed E-state index contributed by atoms with van der Waals surface area (Å²) in [4.78, 5) is 15.2. The van der Waals surface area contributed by atoms with E-state index in [1.165, 1.54) is 33.9 Å². The lowest BCUT2D eigenvalue weighted by molar-refractivity contribution is 0.156. The Morgan fingerprint density at radius 3 is 2.81 bits per heavy atom. The summed E-state index contributed by atoms with van der Waals surface area (Å²) in [6.07, 6.45) is 3.23. The van der Waals surface area contributed by atoms with Crippen LogP contribution in [-0.4, -0.2) is 40.3 Å². The maximum absolute atomic E-state index is 11.9. The minimum absolute atomic E-state index is 0.00438. The van der Waals surface area contributed by atoms with Crippen molar-refractivity contribution in [3.05, 3.63) is 47.3 Å². The molecule has 1 atom stereocenters. The molecule has 0 aliphatic carbocycles. The zero-order valence-electron chi connectivity index (χ0n) is 11.4. The van der Waals surface area contributed by atoms with Crippen molar-refractivity contribution in [1.82, 2.24) is 18.8 Å². The predicted octanol–water partition coefficient (Wildman–Crippen LogP) is -1.08. The van der Waals surface area contributed by atoms with Crippen LogP contribution in [0.15, 0.2) is 46.7 Å². The molecule has 2 aromatic rings. The molecule has 2 aromatic heterocycles. The summed E-state index contributed by atoms with van der Waals surface area (Å²) in [6, 6.07) is 4.62. The van der Waals surface area contributed by atoms with Crippen molar-refractivity contribution in [3.63, 3.8) is 0 Å². The largest absolute Gasteiger partial charge is 0.390 e. The van der Waals surface area contributed by atoms with Gasteiger partial charge in [0, 0.05) is 32.1 Å². The molecule has 0 radical (unpaired) electrons. The number of aryl methyl sites for hydroxylation is 1. The fourth-order valence-electron chi connectivity index (χ4n) is 1.71. The molecule has 0 saturated heterocycles. The van der Waals surface area contributed by atoms with Crippen molar-refractivity contribution >= 4 is 10.0 Å². The van der Waals surface area contributed by atoms with Crippen molar-refractivity contribution < 1.29 is 13.5 Å². The van der Waals surface area contributed by atoms with Gasteiger partial charge in [0.25, 0.3) is 15.6 Å². The summed E-state index contributed by atoms with van der Waals surface area (Å²) in [5.74, 6) is 0. The Balaban J connectivity index is 1.97. The second-order valence-corrected chi connectivity index (χ2v) is 6.29. The molecule has 8 nitrogen and oxygen atoms in total. The molecule has 2 heterocycles. The Morgan fingerprint density at radius 2 is 2.19 bits per heavy atom. The van der Waals surface area contributed by atoms with Crippen LogP contribution in [0, 0.1) is 0 Å². The fourth-order valence-corrected chi connectivity index (χ4v) is 2.76. The standard InChI is InChI=1S/C12H16N4O4S/c1-15-8-11(13-9-15)21(19,20)14-6-10(17)7-16-5-3-2-4-12(16)18/h2-5,8-10,14,17H,6-7H2,1H3. The lowest BCUT2D eigenvalue weighted by atomic mass is 10.3. The summed E-state index contributed by atoms with van der Waals surface area (Å²) in [7, 11) is -2.11. The van der Waals surface area contributed by atoms with Gasteiger partial charge < -0.3 is 14.2 Å². The van der Waals surface area contributed by atoms with E-state index in [1.54, 1.807) is 19.2 Å². The van der Waals surface area contributed by atoms with Crippen LogP contribution in [0.25, 0.3) is 0 Å². The van der Waals surface area contributed by atoms with Crippen LogP contribution < -0.4 is 10.3 Å². The van der Waals surface area contributed by atoms with Gasteiger partial charge >= 0.3 is 0 Å². The number of aliphatic hydroxyl groups is 1. The minimum atomic E-state index is -3.77. The van der Waals surface area contributed by atoms with Crippen LogP contribution in [-0.2, 0) is 23.6 Å². The molecule has 114 valence electrons. The minimum Gasteiger partial charge on any atom is -0.390 e. The number of imidazole rings is 1. The van der Waals surface area contributed by atoms with E-state index in [1.807, 2.05) is 0 Å². The highest BCUT2D eigenvalue weighted by molar-refractivity contribution is 7.89. The Morgan fingerprint density at radius 1 is 1.43 bits per heavy atom. The molecule has 0 bridgehead atoms. The molecule has 0 fully saturated rings. The average molecular weight is 312 g/mol. The third-order valence-corrected chi connectivity index (χ3v) is 4.08. The van der Waals surface area contributed by atoms with Crippen LogP contribution in [0.5, 0.6) is 0 Å². The molecule has 0 spiro atoms. The van der Waals surface area contributed by atoms with E-state index in [-0.39, 0.29) is 23.7 Å². The maximum atomic E-state index is 11.9. The summed E-state index contributed by atoms with van der Waals surface area (Å²) in [5, 5.41) is 9.71. The van der Waals surface area contributed by atoms with Crippen molar-refractivity contribution in [3.8, 4) is 0 Å². The highest BCUT2D eigenvalue weighted by Crippen LogP contribution is 2.03. The summed E-state index contributed by atoms with van der Waals surface area (Å²) >= 11 is 0. The van der Waals surface area contributed by atoms with Gasteiger partial charge in [0.1, 0.15) is 0 Å². The molecular formula is C12H16N4O4S. The van der Waals surface area contributed by atoms with Crippen LogP contribution >= 0.6 is 0 Å². The Bertz CT molecular complexity index is 765. The summed E-state index contributed by atoms with van der Waals surface area (Å²) in [5.41, 5.74) is -0.260. The number of hydrogen-bond donors (Lipinski definition) is 2. The smallest absolute Gasteiger partial charge is 0.259 e. The maximum Gasteiger partial charge on any atom is 0.259 e. The molecule has 2 rings (SSSR count). The molecule has 0 aromatic carbocycles. The summed E-state index contributed by atoms with van der Waals surface area (Å²) < 4.78 is 28.9. The van der Waals surface area contributed by atoms with Crippen LogP contribution in [0.2, 0.25) is 0 Å². The lowest BCUT2D eigenvalue weighted by Gasteiger charge is -2.13. The second-order valence-electron chi connectivity index (χ2n) is 4.57. The van der Waals surface area contributed by atoms with Crippen molar-refractivity contribution in [2.24, 2.45) is 7.05 Å². The van der Waals surface area contributed by atoms with Crippen LogP contribution in [0.1, 0.15) is 0 Å². The quantitative estimate of drug-likeness (QED) is 0.706. The van der Waals surface area contributed by atoms with Gasteiger partial charge in [-0.3, -0.25) is 4.79 Å². The number of pyridine rings is 1. The van der Waals surface area contributed by atoms with Gasteiger partial charge in [-0.1, -0.05) is 6.07 Å². The van der Waals surface area contributed by atoms with Crippen LogP contribution in [0.4, 0.5) is 0 Å². The molecule has 0 amide bonds. The third-order valence-electron chi connectivity index (χ3n) is 2.77. The van der Waals surface area contributed by atoms with E-state index in [4.69, 9.17) is 0 Å². The molecular weight excluding hydrogens is 296 g/mol. The van der Waals surface area contributed by atoms with Gasteiger partial charge in [0.05, 0.1) is 19.0 Å². The van der Waals surface area contributed by atoms with Gasteiger partial charge in [-0.2, -0.15) is 0 Å². The first-order chi connectivity index (χ1) is 9.88. The van der Waals surface area contributed by atoms with E-state index in [9.17, 15) is 18.3 Å². The van der Waals surface area contributed by atoms with Crippen molar-refractivity contribution in [2.75, 3.05) is 6.54 Å². The normalized spacial score (nSPS) is 13.2. The summed E-state index contributed by atoms with van der Waals surface area (Å²) in [6.45, 7) is -0.204. The first-order valence-electron chi connectivity index (χ1n) is 6.19. The third kappa shape index (κ3) is 4.00. The van der Waals surface area contributed by atoms with Gasteiger partial charge in [0.15, 0.2) is 5.03 Å². The molecule has 0 saturated carbocycles. The van der Waals surface area contributed by atoms with Gasteiger partial charge in [0.2, 0.25) is 0 Å². The second kappa shape index (κ2) is 6.20. The topological polar surface area (TPSA) is 106 Å². The van der Waals surface area contributed by atoms with Gasteiger partial charge in [-0.15, -0.1) is 0 Å². The molecule has 1 unspecified atom stereocenters. The number of hydrogen-bond acceptors (Lipinski definition) is 5. The number of nitrogens with zero attached hydrogens (tertiary/aromatic N) is 3. The molecule has 2 N–H and O–H groups in total. The molecule has 0 aliphatic heterocycles. The number of aromatic nitrogens is 3.